The minimum atomic E-state index is -0.961. The highest BCUT2D eigenvalue weighted by Crippen LogP contribution is 2.18. The Bertz CT molecular complexity index is 494. The van der Waals surface area contributed by atoms with Gasteiger partial charge in [-0.2, -0.15) is 0 Å². The van der Waals surface area contributed by atoms with E-state index in [2.05, 4.69) is 26.2 Å². The van der Waals surface area contributed by atoms with Crippen LogP contribution in [0.15, 0.2) is 16.7 Å². The molecule has 0 spiro atoms. The van der Waals surface area contributed by atoms with E-state index in [0.29, 0.717) is 4.47 Å². The lowest BCUT2D eigenvalue weighted by Gasteiger charge is -2.20. The Labute approximate surface area is 124 Å². The monoisotopic (exact) mass is 348 g/mol. The molecule has 1 atom stereocenters. The van der Waals surface area contributed by atoms with Gasteiger partial charge in [0.15, 0.2) is 0 Å². The maximum Gasteiger partial charge on any atom is 0.305 e. The molecule has 19 heavy (non-hydrogen) atoms. The van der Waals surface area contributed by atoms with Gasteiger partial charge in [0.2, 0.25) is 0 Å². The van der Waals surface area contributed by atoms with Crippen LogP contribution in [0.4, 0.5) is 0 Å². The third kappa shape index (κ3) is 4.80. The minimum absolute atomic E-state index is 0.000984. The molecule has 0 aliphatic carbocycles. The van der Waals surface area contributed by atoms with E-state index in [0.717, 1.165) is 0 Å². The van der Waals surface area contributed by atoms with E-state index in [-0.39, 0.29) is 23.1 Å². The maximum atomic E-state index is 12.1. The molecule has 0 fully saturated rings. The minimum Gasteiger partial charge on any atom is -0.481 e. The van der Waals surface area contributed by atoms with Crippen molar-refractivity contribution in [2.24, 2.45) is 5.92 Å². The third-order valence-corrected chi connectivity index (χ3v) is 3.30. The van der Waals surface area contributed by atoms with E-state index in [1.54, 1.807) is 6.07 Å². The molecule has 7 heteroatoms. The number of amides is 1. The first kappa shape index (κ1) is 15.9. The first-order chi connectivity index (χ1) is 8.81. The average Bonchev–Trinajstić information content (AvgIpc) is 2.30. The van der Waals surface area contributed by atoms with Crippen LogP contribution in [0, 0.1) is 5.92 Å². The maximum absolute atomic E-state index is 12.1. The number of hydrogen-bond donors (Lipinski definition) is 2. The number of carbonyl (C=O) groups is 2. The third-order valence-electron chi connectivity index (χ3n) is 2.57. The molecule has 0 aromatic carbocycles. The molecule has 1 aromatic heterocycles. The Morgan fingerprint density at radius 1 is 1.53 bits per heavy atom. The Hall–Kier alpha value is -1.14. The fraction of sp³-hybridized carbons (Fsp3) is 0.417. The van der Waals surface area contributed by atoms with Gasteiger partial charge in [0.25, 0.3) is 5.91 Å². The van der Waals surface area contributed by atoms with Gasteiger partial charge in [-0.1, -0.05) is 25.4 Å². The van der Waals surface area contributed by atoms with Gasteiger partial charge in [-0.05, 0) is 27.9 Å². The van der Waals surface area contributed by atoms with Gasteiger partial charge >= 0.3 is 5.97 Å². The first-order valence-corrected chi connectivity index (χ1v) is 6.82. The lowest BCUT2D eigenvalue weighted by atomic mass is 10.0. The molecule has 0 aliphatic heterocycles. The van der Waals surface area contributed by atoms with E-state index < -0.39 is 17.9 Å². The van der Waals surface area contributed by atoms with Crippen molar-refractivity contribution in [1.82, 2.24) is 10.3 Å². The van der Waals surface area contributed by atoms with Gasteiger partial charge in [-0.3, -0.25) is 9.59 Å². The molecule has 1 aromatic rings. The van der Waals surface area contributed by atoms with E-state index in [9.17, 15) is 9.59 Å². The normalized spacial score (nSPS) is 12.3. The van der Waals surface area contributed by atoms with E-state index in [1.807, 2.05) is 13.8 Å². The molecule has 0 aliphatic rings. The number of rotatable bonds is 5. The second kappa shape index (κ2) is 6.86. The number of carbonyl (C=O) groups excluding carboxylic acids is 1. The van der Waals surface area contributed by atoms with Gasteiger partial charge in [0.05, 0.1) is 12.0 Å². The molecule has 1 unspecified atom stereocenters. The van der Waals surface area contributed by atoms with Crippen molar-refractivity contribution in [3.05, 3.63) is 27.5 Å². The fourth-order valence-corrected chi connectivity index (χ4v) is 1.99. The summed E-state index contributed by atoms with van der Waals surface area (Å²) in [4.78, 5) is 26.7. The number of hydrogen-bond acceptors (Lipinski definition) is 3. The Kier molecular flexibility index (Phi) is 5.75. The molecule has 0 saturated carbocycles. The van der Waals surface area contributed by atoms with Crippen LogP contribution in [0.1, 0.15) is 30.6 Å². The molecule has 5 nitrogen and oxygen atoms in total. The summed E-state index contributed by atoms with van der Waals surface area (Å²) in [7, 11) is 0. The van der Waals surface area contributed by atoms with Crippen molar-refractivity contribution < 1.29 is 14.7 Å². The van der Waals surface area contributed by atoms with E-state index >= 15 is 0 Å². The van der Waals surface area contributed by atoms with Crippen molar-refractivity contribution in [3.63, 3.8) is 0 Å². The van der Waals surface area contributed by atoms with Crippen molar-refractivity contribution in [2.75, 3.05) is 0 Å². The van der Waals surface area contributed by atoms with Crippen LogP contribution in [0.25, 0.3) is 0 Å². The van der Waals surface area contributed by atoms with Crippen LogP contribution in [0.5, 0.6) is 0 Å². The molecule has 1 heterocycles. The quantitative estimate of drug-likeness (QED) is 0.801. The van der Waals surface area contributed by atoms with Crippen LogP contribution in [0.2, 0.25) is 5.15 Å². The summed E-state index contributed by atoms with van der Waals surface area (Å²) in [5.74, 6) is -1.39. The highest BCUT2D eigenvalue weighted by molar-refractivity contribution is 9.10. The van der Waals surface area contributed by atoms with Crippen LogP contribution in [0.3, 0.4) is 0 Å². The number of carboxylic acid groups (broad SMARTS) is 1. The summed E-state index contributed by atoms with van der Waals surface area (Å²) in [6.45, 7) is 3.68. The van der Waals surface area contributed by atoms with Crippen LogP contribution < -0.4 is 5.32 Å². The summed E-state index contributed by atoms with van der Waals surface area (Å²) in [6, 6.07) is 1.09. The number of aliphatic carboxylic acids is 1. The number of carboxylic acids is 1. The summed E-state index contributed by atoms with van der Waals surface area (Å²) >= 11 is 9.06. The van der Waals surface area contributed by atoms with Gasteiger partial charge in [0, 0.05) is 16.7 Å². The lowest BCUT2D eigenvalue weighted by molar-refractivity contribution is -0.137. The largest absolute Gasteiger partial charge is 0.481 e. The van der Waals surface area contributed by atoms with Crippen molar-refractivity contribution in [1.29, 1.82) is 0 Å². The molecule has 1 rings (SSSR count). The van der Waals surface area contributed by atoms with Gasteiger partial charge in [0.1, 0.15) is 5.15 Å². The number of pyridine rings is 1. The highest BCUT2D eigenvalue weighted by atomic mass is 79.9. The van der Waals surface area contributed by atoms with Crippen LogP contribution in [-0.2, 0) is 4.79 Å². The Morgan fingerprint density at radius 3 is 2.68 bits per heavy atom. The molecule has 0 saturated heterocycles. The zero-order valence-corrected chi connectivity index (χ0v) is 12.8. The number of nitrogens with one attached hydrogen (secondary N) is 1. The predicted molar refractivity (Wildman–Crippen MR) is 75.3 cm³/mol. The number of nitrogens with zero attached hydrogens (tertiary/aromatic N) is 1. The Morgan fingerprint density at radius 2 is 2.16 bits per heavy atom. The average molecular weight is 350 g/mol. The predicted octanol–water partition coefficient (Wildman–Crippen LogP) is 2.73. The van der Waals surface area contributed by atoms with Crippen LogP contribution in [-0.4, -0.2) is 28.0 Å². The molecule has 0 bridgehead atoms. The molecular weight excluding hydrogens is 336 g/mol. The fourth-order valence-electron chi connectivity index (χ4n) is 1.47. The lowest BCUT2D eigenvalue weighted by Crippen LogP contribution is -2.40. The van der Waals surface area contributed by atoms with E-state index in [4.69, 9.17) is 16.7 Å². The molecule has 0 radical (unpaired) electrons. The zero-order valence-electron chi connectivity index (χ0n) is 10.5. The molecular formula is C12H14BrClN2O3. The SMILES string of the molecule is CC(C)C(CC(=O)O)NC(=O)c1cc(Br)cnc1Cl. The zero-order chi connectivity index (χ0) is 14.6. The van der Waals surface area contributed by atoms with Crippen LogP contribution >= 0.6 is 27.5 Å². The number of aromatic nitrogens is 1. The van der Waals surface area contributed by atoms with E-state index in [1.165, 1.54) is 6.20 Å². The van der Waals surface area contributed by atoms with Crippen molar-refractivity contribution in [3.8, 4) is 0 Å². The van der Waals surface area contributed by atoms with Gasteiger partial charge in [-0.15, -0.1) is 0 Å². The molecule has 1 amide bonds. The summed E-state index contributed by atoms with van der Waals surface area (Å²) < 4.78 is 0.626. The standard InChI is InChI=1S/C12H14BrClN2O3/c1-6(2)9(4-10(17)18)16-12(19)8-3-7(13)5-15-11(8)14/h3,5-6,9H,4H2,1-2H3,(H,16,19)(H,17,18). The summed E-state index contributed by atoms with van der Waals surface area (Å²) in [6.07, 6.45) is 1.35. The second-order valence-electron chi connectivity index (χ2n) is 4.41. The number of halogens is 2. The van der Waals surface area contributed by atoms with Crippen molar-refractivity contribution in [2.45, 2.75) is 26.3 Å². The molecule has 2 N–H and O–H groups in total. The second-order valence-corrected chi connectivity index (χ2v) is 5.69. The van der Waals surface area contributed by atoms with Gasteiger partial charge in [-0.25, -0.2) is 4.98 Å². The summed E-state index contributed by atoms with van der Waals surface area (Å²) in [5, 5.41) is 11.6. The van der Waals surface area contributed by atoms with Crippen molar-refractivity contribution >= 4 is 39.4 Å². The smallest absolute Gasteiger partial charge is 0.305 e. The first-order valence-electron chi connectivity index (χ1n) is 5.65. The Balaban J connectivity index is 2.87. The van der Waals surface area contributed by atoms with Gasteiger partial charge < -0.3 is 10.4 Å². The topological polar surface area (TPSA) is 79.3 Å². The highest BCUT2D eigenvalue weighted by Gasteiger charge is 2.21. The molecule has 104 valence electrons. The summed E-state index contributed by atoms with van der Waals surface area (Å²) in [5.41, 5.74) is 0.215.